The monoisotopic (exact) mass is 283 g/mol. The minimum Gasteiger partial charge on any atom is -0.382 e. The molecule has 16 heavy (non-hydrogen) atoms. The molecule has 0 aliphatic carbocycles. The third-order valence-electron chi connectivity index (χ3n) is 1.60. The van der Waals surface area contributed by atoms with Crippen molar-refractivity contribution in [3.8, 4) is 6.07 Å². The van der Waals surface area contributed by atoms with Crippen molar-refractivity contribution in [1.29, 1.82) is 10.7 Å². The van der Waals surface area contributed by atoms with Gasteiger partial charge in [-0.3, -0.25) is 10.8 Å². The van der Waals surface area contributed by atoms with E-state index in [1.54, 1.807) is 12.1 Å². The molecule has 0 radical (unpaired) electrons. The summed E-state index contributed by atoms with van der Waals surface area (Å²) < 4.78 is 13.7. The van der Waals surface area contributed by atoms with Crippen LogP contribution in [-0.2, 0) is 0 Å². The van der Waals surface area contributed by atoms with Crippen LogP contribution in [-0.4, -0.2) is 11.5 Å². The summed E-state index contributed by atoms with van der Waals surface area (Å²) in [7, 11) is 0. The quantitative estimate of drug-likeness (QED) is 0.448. The molecule has 4 N–H and O–H groups in total. The first kappa shape index (κ1) is 12.1. The number of amidine groups is 1. The molecule has 1 aromatic rings. The minimum absolute atomic E-state index is 0.0801. The molecule has 82 valence electrons. The lowest BCUT2D eigenvalue weighted by Gasteiger charge is -2.04. The fourth-order valence-corrected chi connectivity index (χ4v) is 1.29. The standard InChI is InChI=1S/C9H7BrFN5/c10-5-2-1-3-6(11)8(5)16-15-7(4-12)9(13)14/h1-3,16H,(H3,13,14)/b15-7+. The van der Waals surface area contributed by atoms with Crippen molar-refractivity contribution in [3.63, 3.8) is 0 Å². The van der Waals surface area contributed by atoms with Crippen LogP contribution in [0.4, 0.5) is 10.1 Å². The van der Waals surface area contributed by atoms with Crippen molar-refractivity contribution in [2.75, 3.05) is 5.43 Å². The molecule has 0 amide bonds. The summed E-state index contributed by atoms with van der Waals surface area (Å²) in [6.07, 6.45) is 0. The van der Waals surface area contributed by atoms with Gasteiger partial charge in [-0.2, -0.15) is 10.4 Å². The van der Waals surface area contributed by atoms with E-state index in [-0.39, 0.29) is 11.4 Å². The van der Waals surface area contributed by atoms with Crippen LogP contribution in [0.1, 0.15) is 0 Å². The van der Waals surface area contributed by atoms with Gasteiger partial charge in [-0.05, 0) is 28.1 Å². The summed E-state index contributed by atoms with van der Waals surface area (Å²) in [5.74, 6) is -1.01. The number of nitrogens with zero attached hydrogens (tertiary/aromatic N) is 2. The van der Waals surface area contributed by atoms with Gasteiger partial charge in [-0.1, -0.05) is 6.07 Å². The van der Waals surface area contributed by atoms with Crippen LogP contribution in [0, 0.1) is 22.6 Å². The number of halogens is 2. The van der Waals surface area contributed by atoms with E-state index < -0.39 is 11.7 Å². The third-order valence-corrected chi connectivity index (χ3v) is 2.26. The van der Waals surface area contributed by atoms with Crippen LogP contribution < -0.4 is 11.2 Å². The summed E-state index contributed by atoms with van der Waals surface area (Å²) in [5, 5.41) is 19.1. The van der Waals surface area contributed by atoms with Crippen LogP contribution in [0.15, 0.2) is 27.8 Å². The van der Waals surface area contributed by atoms with Crippen molar-refractivity contribution >= 4 is 33.2 Å². The van der Waals surface area contributed by atoms with Gasteiger partial charge in [0.1, 0.15) is 17.6 Å². The zero-order valence-electron chi connectivity index (χ0n) is 7.96. The van der Waals surface area contributed by atoms with Crippen molar-refractivity contribution in [2.24, 2.45) is 10.8 Å². The minimum atomic E-state index is -0.529. The lowest BCUT2D eigenvalue weighted by Crippen LogP contribution is -2.22. The van der Waals surface area contributed by atoms with E-state index >= 15 is 0 Å². The molecule has 0 aromatic heterocycles. The van der Waals surface area contributed by atoms with Gasteiger partial charge < -0.3 is 5.73 Å². The molecule has 0 spiro atoms. The van der Waals surface area contributed by atoms with Crippen molar-refractivity contribution in [2.45, 2.75) is 0 Å². The Kier molecular flexibility index (Phi) is 3.96. The van der Waals surface area contributed by atoms with Gasteiger partial charge in [0.15, 0.2) is 5.84 Å². The molecule has 0 fully saturated rings. The zero-order valence-corrected chi connectivity index (χ0v) is 9.55. The maximum atomic E-state index is 13.3. The van der Waals surface area contributed by atoms with E-state index in [1.807, 2.05) is 0 Å². The highest BCUT2D eigenvalue weighted by Crippen LogP contribution is 2.24. The number of nitrogens with two attached hydrogens (primary N) is 1. The predicted molar refractivity (Wildman–Crippen MR) is 62.7 cm³/mol. The Bertz CT molecular complexity index is 471. The zero-order chi connectivity index (χ0) is 12.1. The highest BCUT2D eigenvalue weighted by Gasteiger charge is 2.06. The first-order valence-corrected chi connectivity index (χ1v) is 4.87. The first-order valence-electron chi connectivity index (χ1n) is 4.08. The van der Waals surface area contributed by atoms with Crippen molar-refractivity contribution < 1.29 is 4.39 Å². The van der Waals surface area contributed by atoms with Gasteiger partial charge in [-0.25, -0.2) is 4.39 Å². The smallest absolute Gasteiger partial charge is 0.201 e. The molecule has 0 saturated carbocycles. The second-order valence-electron chi connectivity index (χ2n) is 2.69. The fraction of sp³-hybridized carbons (Fsp3) is 0. The Labute approximate surface area is 99.4 Å². The molecule has 0 saturated heterocycles. The fourth-order valence-electron chi connectivity index (χ4n) is 0.862. The summed E-state index contributed by atoms with van der Waals surface area (Å²) in [5.41, 5.74) is 7.18. The highest BCUT2D eigenvalue weighted by molar-refractivity contribution is 9.10. The Morgan fingerprint density at radius 2 is 2.31 bits per heavy atom. The molecule has 5 nitrogen and oxygen atoms in total. The third kappa shape index (κ3) is 2.77. The van der Waals surface area contributed by atoms with Crippen LogP contribution >= 0.6 is 15.9 Å². The van der Waals surface area contributed by atoms with E-state index in [0.717, 1.165) is 0 Å². The van der Waals surface area contributed by atoms with E-state index in [2.05, 4.69) is 26.5 Å². The average Bonchev–Trinajstić information content (AvgIpc) is 2.22. The van der Waals surface area contributed by atoms with E-state index in [9.17, 15) is 4.39 Å². The number of hydrazone groups is 1. The summed E-state index contributed by atoms with van der Waals surface area (Å²) in [6, 6.07) is 5.98. The number of anilines is 1. The maximum absolute atomic E-state index is 13.3. The second-order valence-corrected chi connectivity index (χ2v) is 3.55. The van der Waals surface area contributed by atoms with Gasteiger partial charge in [-0.15, -0.1) is 0 Å². The summed E-state index contributed by atoms with van der Waals surface area (Å²) in [6.45, 7) is 0. The molecular formula is C9H7BrFN5. The van der Waals surface area contributed by atoms with Gasteiger partial charge in [0.05, 0.1) is 0 Å². The molecule has 0 aliphatic rings. The van der Waals surface area contributed by atoms with Gasteiger partial charge in [0, 0.05) is 4.47 Å². The number of para-hydroxylation sites is 1. The highest BCUT2D eigenvalue weighted by atomic mass is 79.9. The topological polar surface area (TPSA) is 98.0 Å². The van der Waals surface area contributed by atoms with E-state index in [1.165, 1.54) is 12.1 Å². The van der Waals surface area contributed by atoms with Crippen LogP contribution in [0.25, 0.3) is 0 Å². The number of rotatable bonds is 3. The number of hydrogen-bond donors (Lipinski definition) is 3. The predicted octanol–water partition coefficient (Wildman–Crippen LogP) is 1.82. The van der Waals surface area contributed by atoms with E-state index in [4.69, 9.17) is 16.4 Å². The maximum Gasteiger partial charge on any atom is 0.201 e. The summed E-state index contributed by atoms with van der Waals surface area (Å²) >= 11 is 3.12. The molecule has 0 heterocycles. The normalized spacial score (nSPS) is 10.7. The number of benzene rings is 1. The van der Waals surface area contributed by atoms with Crippen LogP contribution in [0.5, 0.6) is 0 Å². The molecule has 0 bridgehead atoms. The SMILES string of the molecule is N#C/C(=N\Nc1c(F)cccc1Br)C(=N)N. The number of nitriles is 1. The lowest BCUT2D eigenvalue weighted by molar-refractivity contribution is 0.630. The Balaban J connectivity index is 2.99. The molecule has 0 aliphatic heterocycles. The van der Waals surface area contributed by atoms with Crippen LogP contribution in [0.3, 0.4) is 0 Å². The number of nitrogens with one attached hydrogen (secondary N) is 2. The van der Waals surface area contributed by atoms with Gasteiger partial charge in [0.2, 0.25) is 5.71 Å². The first-order chi connectivity index (χ1) is 7.56. The lowest BCUT2D eigenvalue weighted by atomic mass is 10.3. The van der Waals surface area contributed by atoms with Crippen molar-refractivity contribution in [3.05, 3.63) is 28.5 Å². The largest absolute Gasteiger partial charge is 0.382 e. The Hall–Kier alpha value is -1.94. The molecule has 7 heteroatoms. The van der Waals surface area contributed by atoms with Gasteiger partial charge in [0.25, 0.3) is 0 Å². The van der Waals surface area contributed by atoms with Crippen LogP contribution in [0.2, 0.25) is 0 Å². The molecule has 0 unspecified atom stereocenters. The Morgan fingerprint density at radius 3 is 2.81 bits per heavy atom. The molecule has 1 aromatic carbocycles. The number of hydrogen-bond acceptors (Lipinski definition) is 4. The average molecular weight is 284 g/mol. The molecular weight excluding hydrogens is 277 g/mol. The molecule has 0 atom stereocenters. The second kappa shape index (κ2) is 5.23. The van der Waals surface area contributed by atoms with Gasteiger partial charge >= 0.3 is 0 Å². The molecule has 1 rings (SSSR count). The Morgan fingerprint density at radius 1 is 1.62 bits per heavy atom. The summed E-state index contributed by atoms with van der Waals surface area (Å²) in [4.78, 5) is 0. The van der Waals surface area contributed by atoms with E-state index in [0.29, 0.717) is 4.47 Å². The van der Waals surface area contributed by atoms with Crippen molar-refractivity contribution in [1.82, 2.24) is 0 Å².